The fourth-order valence-electron chi connectivity index (χ4n) is 2.15. The highest BCUT2D eigenvalue weighted by Gasteiger charge is 2.11. The number of halogens is 1. The Kier molecular flexibility index (Phi) is 5.08. The predicted octanol–water partition coefficient (Wildman–Crippen LogP) is 3.34. The van der Waals surface area contributed by atoms with Gasteiger partial charge in [-0.1, -0.05) is 35.9 Å². The molecule has 5 nitrogen and oxygen atoms in total. The minimum absolute atomic E-state index is 0.239. The first kappa shape index (κ1) is 16.4. The van der Waals surface area contributed by atoms with E-state index in [9.17, 15) is 9.59 Å². The van der Waals surface area contributed by atoms with Crippen molar-refractivity contribution in [1.82, 2.24) is 15.8 Å². The zero-order valence-electron chi connectivity index (χ0n) is 12.6. The van der Waals surface area contributed by atoms with Crippen LogP contribution in [0.5, 0.6) is 0 Å². The number of rotatable bonds is 4. The molecule has 2 aromatic carbocycles. The van der Waals surface area contributed by atoms with E-state index in [0.29, 0.717) is 17.0 Å². The number of hydrogen-bond acceptors (Lipinski definition) is 4. The third-order valence-corrected chi connectivity index (χ3v) is 4.76. The Morgan fingerprint density at radius 2 is 1.79 bits per heavy atom. The molecular weight excluding hydrogens is 346 g/mol. The number of carbonyl (C=O) groups is 2. The first-order chi connectivity index (χ1) is 11.6. The van der Waals surface area contributed by atoms with Gasteiger partial charge in [0, 0.05) is 12.8 Å². The molecule has 0 aliphatic rings. The number of aryl methyl sites for hydroxylation is 1. The van der Waals surface area contributed by atoms with E-state index in [2.05, 4.69) is 15.8 Å². The van der Waals surface area contributed by atoms with Crippen molar-refractivity contribution in [3.05, 3.63) is 64.1 Å². The molecule has 0 radical (unpaired) electrons. The van der Waals surface area contributed by atoms with Crippen LogP contribution in [0.2, 0.25) is 5.02 Å². The molecule has 0 spiro atoms. The Morgan fingerprint density at radius 3 is 2.58 bits per heavy atom. The molecule has 3 aromatic rings. The first-order valence-electron chi connectivity index (χ1n) is 7.31. The van der Waals surface area contributed by atoms with Gasteiger partial charge in [-0.25, -0.2) is 4.98 Å². The van der Waals surface area contributed by atoms with E-state index in [0.717, 1.165) is 15.2 Å². The van der Waals surface area contributed by atoms with E-state index < -0.39 is 5.91 Å². The summed E-state index contributed by atoms with van der Waals surface area (Å²) in [4.78, 5) is 28.3. The van der Waals surface area contributed by atoms with Crippen LogP contribution in [0.15, 0.2) is 48.5 Å². The number of aromatic nitrogens is 1. The van der Waals surface area contributed by atoms with Crippen LogP contribution in [-0.4, -0.2) is 16.8 Å². The van der Waals surface area contributed by atoms with Gasteiger partial charge in [0.25, 0.3) is 5.91 Å². The summed E-state index contributed by atoms with van der Waals surface area (Å²) in [6, 6.07) is 14.5. The molecule has 1 heterocycles. The predicted molar refractivity (Wildman–Crippen MR) is 95.0 cm³/mol. The number of nitrogens with one attached hydrogen (secondary N) is 2. The number of thiazole rings is 1. The molecule has 2 amide bonds. The van der Waals surface area contributed by atoms with E-state index in [1.807, 2.05) is 24.3 Å². The van der Waals surface area contributed by atoms with Crippen LogP contribution >= 0.6 is 22.9 Å². The molecule has 2 N–H and O–H groups in total. The summed E-state index contributed by atoms with van der Waals surface area (Å²) in [6.45, 7) is 0. The van der Waals surface area contributed by atoms with Gasteiger partial charge in [0.2, 0.25) is 5.91 Å². The normalized spacial score (nSPS) is 10.5. The number of nitrogens with zero attached hydrogens (tertiary/aromatic N) is 1. The van der Waals surface area contributed by atoms with Gasteiger partial charge in [-0.3, -0.25) is 20.4 Å². The molecular formula is C17H14ClN3O2S. The summed E-state index contributed by atoms with van der Waals surface area (Å²) in [5, 5.41) is 1.22. The summed E-state index contributed by atoms with van der Waals surface area (Å²) in [5.74, 6) is -0.733. The van der Waals surface area contributed by atoms with Crippen LogP contribution < -0.4 is 10.9 Å². The Labute approximate surface area is 147 Å². The van der Waals surface area contributed by atoms with Crippen LogP contribution in [0.4, 0.5) is 0 Å². The number of benzene rings is 2. The number of fused-ring (bicyclic) bond motifs is 1. The van der Waals surface area contributed by atoms with Crippen LogP contribution in [0.3, 0.4) is 0 Å². The van der Waals surface area contributed by atoms with Gasteiger partial charge in [0.15, 0.2) is 0 Å². The molecule has 7 heteroatoms. The molecule has 1 aromatic heterocycles. The summed E-state index contributed by atoms with van der Waals surface area (Å²) in [6.07, 6.45) is 0.760. The molecule has 0 unspecified atom stereocenters. The highest BCUT2D eigenvalue weighted by molar-refractivity contribution is 7.18. The Bertz CT molecular complexity index is 861. The van der Waals surface area contributed by atoms with E-state index >= 15 is 0 Å². The Balaban J connectivity index is 1.51. The smallest absolute Gasteiger partial charge is 0.271 e. The highest BCUT2D eigenvalue weighted by atomic mass is 35.5. The van der Waals surface area contributed by atoms with Gasteiger partial charge in [-0.2, -0.15) is 0 Å². The summed E-state index contributed by atoms with van der Waals surface area (Å²) in [5.41, 5.74) is 6.00. The second-order valence-corrected chi connectivity index (χ2v) is 6.58. The number of hydrazine groups is 1. The summed E-state index contributed by atoms with van der Waals surface area (Å²) < 4.78 is 1.10. The topological polar surface area (TPSA) is 71.1 Å². The molecule has 0 atom stereocenters. The third-order valence-electron chi connectivity index (χ3n) is 3.34. The second kappa shape index (κ2) is 7.42. The van der Waals surface area contributed by atoms with Crippen molar-refractivity contribution in [3.8, 4) is 0 Å². The maximum absolute atomic E-state index is 11.9. The lowest BCUT2D eigenvalue weighted by molar-refractivity contribution is -0.121. The number of carbonyl (C=O) groups excluding carboxylic acids is 2. The standard InChI is InChI=1S/C17H14ClN3O2S/c18-12-6-2-1-5-11(12)17(23)21-20-15(22)9-10-16-19-13-7-3-4-8-14(13)24-16/h1-8H,9-10H2,(H,20,22)(H,21,23). The molecule has 0 aliphatic carbocycles. The molecule has 0 aliphatic heterocycles. The number of para-hydroxylation sites is 1. The van der Waals surface area contributed by atoms with E-state index in [1.165, 1.54) is 0 Å². The first-order valence-corrected chi connectivity index (χ1v) is 8.51. The van der Waals surface area contributed by atoms with Crippen molar-refractivity contribution in [3.63, 3.8) is 0 Å². The maximum Gasteiger partial charge on any atom is 0.271 e. The molecule has 0 saturated heterocycles. The van der Waals surface area contributed by atoms with Crippen LogP contribution in [0, 0.1) is 0 Å². The van der Waals surface area contributed by atoms with Crippen molar-refractivity contribution >= 4 is 45.0 Å². The van der Waals surface area contributed by atoms with Crippen LogP contribution in [0.25, 0.3) is 10.2 Å². The van der Waals surface area contributed by atoms with Crippen LogP contribution in [0.1, 0.15) is 21.8 Å². The van der Waals surface area contributed by atoms with Gasteiger partial charge >= 0.3 is 0 Å². The Hall–Kier alpha value is -2.44. The summed E-state index contributed by atoms with van der Waals surface area (Å²) in [7, 11) is 0. The van der Waals surface area contributed by atoms with Gasteiger partial charge in [-0.15, -0.1) is 11.3 Å². The maximum atomic E-state index is 11.9. The van der Waals surface area contributed by atoms with Gasteiger partial charge < -0.3 is 0 Å². The Morgan fingerprint density at radius 1 is 1.04 bits per heavy atom. The number of hydrogen-bond donors (Lipinski definition) is 2. The quantitative estimate of drug-likeness (QED) is 0.702. The van der Waals surface area contributed by atoms with Crippen LogP contribution in [-0.2, 0) is 11.2 Å². The van der Waals surface area contributed by atoms with E-state index in [4.69, 9.17) is 11.6 Å². The molecule has 122 valence electrons. The van der Waals surface area contributed by atoms with E-state index in [1.54, 1.807) is 35.6 Å². The molecule has 24 heavy (non-hydrogen) atoms. The van der Waals surface area contributed by atoms with Crippen molar-refractivity contribution in [2.24, 2.45) is 0 Å². The fraction of sp³-hybridized carbons (Fsp3) is 0.118. The largest absolute Gasteiger partial charge is 0.273 e. The second-order valence-electron chi connectivity index (χ2n) is 5.06. The van der Waals surface area contributed by atoms with Crippen molar-refractivity contribution < 1.29 is 9.59 Å². The molecule has 3 rings (SSSR count). The SMILES string of the molecule is O=C(CCc1nc2ccccc2s1)NNC(=O)c1ccccc1Cl. The van der Waals surface area contributed by atoms with Crippen molar-refractivity contribution in [1.29, 1.82) is 0 Å². The number of amides is 2. The lowest BCUT2D eigenvalue weighted by Gasteiger charge is -2.07. The minimum atomic E-state index is -0.450. The zero-order valence-corrected chi connectivity index (χ0v) is 14.2. The average molecular weight is 360 g/mol. The lowest BCUT2D eigenvalue weighted by Crippen LogP contribution is -2.41. The van der Waals surface area contributed by atoms with E-state index in [-0.39, 0.29) is 12.3 Å². The molecule has 0 fully saturated rings. The van der Waals surface area contributed by atoms with Gasteiger partial charge in [-0.05, 0) is 24.3 Å². The summed E-state index contributed by atoms with van der Waals surface area (Å²) >= 11 is 7.50. The van der Waals surface area contributed by atoms with Gasteiger partial charge in [0.05, 0.1) is 25.8 Å². The third kappa shape index (κ3) is 3.90. The zero-order chi connectivity index (χ0) is 16.9. The average Bonchev–Trinajstić information content (AvgIpc) is 3.01. The highest BCUT2D eigenvalue weighted by Crippen LogP contribution is 2.22. The lowest BCUT2D eigenvalue weighted by atomic mass is 10.2. The fourth-order valence-corrected chi connectivity index (χ4v) is 3.34. The van der Waals surface area contributed by atoms with Gasteiger partial charge in [0.1, 0.15) is 0 Å². The van der Waals surface area contributed by atoms with Crippen molar-refractivity contribution in [2.75, 3.05) is 0 Å². The van der Waals surface area contributed by atoms with Crippen molar-refractivity contribution in [2.45, 2.75) is 12.8 Å². The monoisotopic (exact) mass is 359 g/mol. The molecule has 0 saturated carbocycles. The molecule has 0 bridgehead atoms. The minimum Gasteiger partial charge on any atom is -0.273 e.